The Morgan fingerprint density at radius 2 is 1.62 bits per heavy atom. The highest BCUT2D eigenvalue weighted by molar-refractivity contribution is 6.01. The van der Waals surface area contributed by atoms with E-state index in [2.05, 4.69) is 13.8 Å². The molecule has 2 aliphatic carbocycles. The van der Waals surface area contributed by atoms with Gasteiger partial charge in [-0.1, -0.05) is 26.7 Å². The van der Waals surface area contributed by atoms with Crippen LogP contribution in [0.5, 0.6) is 0 Å². The molecule has 0 aromatic heterocycles. The fourth-order valence-corrected chi connectivity index (χ4v) is 4.86. The lowest BCUT2D eigenvalue weighted by Crippen LogP contribution is -2.54. The van der Waals surface area contributed by atoms with Gasteiger partial charge >= 0.3 is 11.9 Å². The van der Waals surface area contributed by atoms with Gasteiger partial charge in [0, 0.05) is 0 Å². The maximum atomic E-state index is 12.7. The summed E-state index contributed by atoms with van der Waals surface area (Å²) in [5.41, 5.74) is -1.43. The van der Waals surface area contributed by atoms with Gasteiger partial charge in [-0.2, -0.15) is 0 Å². The molecule has 0 unspecified atom stereocenters. The van der Waals surface area contributed by atoms with Crippen LogP contribution in [0, 0.1) is 22.7 Å². The average molecular weight is 296 g/mol. The Labute approximate surface area is 127 Å². The third-order valence-corrected chi connectivity index (χ3v) is 5.91. The van der Waals surface area contributed by atoms with E-state index in [4.69, 9.17) is 9.47 Å². The van der Waals surface area contributed by atoms with Gasteiger partial charge in [-0.3, -0.25) is 9.59 Å². The number of ether oxygens (including phenoxy) is 2. The van der Waals surface area contributed by atoms with Gasteiger partial charge in [0.2, 0.25) is 0 Å². The number of hydrogen-bond donors (Lipinski definition) is 0. The lowest BCUT2D eigenvalue weighted by Gasteiger charge is -2.47. The van der Waals surface area contributed by atoms with Crippen LogP contribution in [0.1, 0.15) is 59.8 Å². The van der Waals surface area contributed by atoms with Crippen LogP contribution < -0.4 is 0 Å². The van der Waals surface area contributed by atoms with E-state index in [0.717, 1.165) is 19.3 Å². The fourth-order valence-electron chi connectivity index (χ4n) is 4.86. The van der Waals surface area contributed by atoms with Gasteiger partial charge in [-0.15, -0.1) is 0 Å². The Hall–Kier alpha value is -1.06. The van der Waals surface area contributed by atoms with Crippen LogP contribution >= 0.6 is 0 Å². The van der Waals surface area contributed by atoms with Gasteiger partial charge < -0.3 is 9.47 Å². The molecule has 2 fully saturated rings. The fraction of sp³-hybridized carbons (Fsp3) is 0.882. The summed E-state index contributed by atoms with van der Waals surface area (Å²) in [5, 5.41) is 0. The average Bonchev–Trinajstić information content (AvgIpc) is 2.74. The largest absolute Gasteiger partial charge is 0.465 e. The van der Waals surface area contributed by atoms with Crippen LogP contribution in [0.25, 0.3) is 0 Å². The summed E-state index contributed by atoms with van der Waals surface area (Å²) in [7, 11) is 0. The van der Waals surface area contributed by atoms with Crippen molar-refractivity contribution < 1.29 is 19.1 Å². The quantitative estimate of drug-likeness (QED) is 0.590. The van der Waals surface area contributed by atoms with Crippen LogP contribution in [0.15, 0.2) is 0 Å². The minimum atomic E-state index is -1.10. The molecule has 0 aromatic carbocycles. The second kappa shape index (κ2) is 5.98. The molecule has 4 nitrogen and oxygen atoms in total. The Morgan fingerprint density at radius 3 is 2.14 bits per heavy atom. The number of carbonyl (C=O) groups is 2. The van der Waals surface area contributed by atoms with Crippen molar-refractivity contribution in [2.24, 2.45) is 22.7 Å². The summed E-state index contributed by atoms with van der Waals surface area (Å²) in [4.78, 5) is 25.5. The summed E-state index contributed by atoms with van der Waals surface area (Å²) in [6.07, 6.45) is 4.63. The van der Waals surface area contributed by atoms with Gasteiger partial charge in [0.1, 0.15) is 0 Å². The predicted molar refractivity (Wildman–Crippen MR) is 79.5 cm³/mol. The molecule has 0 radical (unpaired) electrons. The molecule has 120 valence electrons. The van der Waals surface area contributed by atoms with Gasteiger partial charge in [0.05, 0.1) is 13.2 Å². The first-order valence-corrected chi connectivity index (χ1v) is 8.28. The van der Waals surface area contributed by atoms with E-state index in [0.29, 0.717) is 31.5 Å². The summed E-state index contributed by atoms with van der Waals surface area (Å²) in [6.45, 7) is 8.53. The number of fused-ring (bicyclic) bond motifs is 1. The summed E-state index contributed by atoms with van der Waals surface area (Å²) in [6, 6.07) is 0. The van der Waals surface area contributed by atoms with E-state index < -0.39 is 5.41 Å². The Kier molecular flexibility index (Phi) is 4.64. The van der Waals surface area contributed by atoms with Crippen LogP contribution in [0.4, 0.5) is 0 Å². The Morgan fingerprint density at radius 1 is 1.05 bits per heavy atom. The standard InChI is InChI=1S/C17H28O4/c1-5-20-14(18)17(15(19)21-6-2)11-9-13-12(3)8-7-10-16(13,17)4/h12-13H,5-11H2,1-4H3/t12-,13+,16+/m1/s1. The van der Waals surface area contributed by atoms with Crippen molar-refractivity contribution in [2.75, 3.05) is 13.2 Å². The summed E-state index contributed by atoms with van der Waals surface area (Å²) >= 11 is 0. The maximum absolute atomic E-state index is 12.7. The molecule has 0 saturated heterocycles. The molecular weight excluding hydrogens is 268 g/mol. The lowest BCUT2D eigenvalue weighted by atomic mass is 9.55. The molecule has 0 bridgehead atoms. The Bertz CT molecular complexity index is 399. The minimum Gasteiger partial charge on any atom is -0.465 e. The van der Waals surface area contributed by atoms with Crippen molar-refractivity contribution in [3.63, 3.8) is 0 Å². The number of esters is 2. The topological polar surface area (TPSA) is 52.6 Å². The van der Waals surface area contributed by atoms with Crippen molar-refractivity contribution in [1.29, 1.82) is 0 Å². The zero-order valence-electron chi connectivity index (χ0n) is 13.7. The highest BCUT2D eigenvalue weighted by atomic mass is 16.6. The van der Waals surface area contributed by atoms with E-state index in [-0.39, 0.29) is 17.4 Å². The normalized spacial score (nSPS) is 34.1. The molecular formula is C17H28O4. The van der Waals surface area contributed by atoms with E-state index in [1.54, 1.807) is 13.8 Å². The zero-order valence-corrected chi connectivity index (χ0v) is 13.7. The van der Waals surface area contributed by atoms with Crippen LogP contribution in [-0.4, -0.2) is 25.2 Å². The molecule has 0 aromatic rings. The number of hydrogen-bond acceptors (Lipinski definition) is 4. The Balaban J connectivity index is 2.45. The van der Waals surface area contributed by atoms with Crippen LogP contribution in [0.3, 0.4) is 0 Å². The molecule has 21 heavy (non-hydrogen) atoms. The van der Waals surface area contributed by atoms with E-state index in [1.807, 2.05) is 0 Å². The highest BCUT2D eigenvalue weighted by Crippen LogP contribution is 2.64. The molecule has 2 saturated carbocycles. The molecule has 4 heteroatoms. The van der Waals surface area contributed by atoms with Crippen molar-refractivity contribution in [3.8, 4) is 0 Å². The van der Waals surface area contributed by atoms with Crippen molar-refractivity contribution in [1.82, 2.24) is 0 Å². The second-order valence-corrected chi connectivity index (χ2v) is 6.78. The molecule has 0 N–H and O–H groups in total. The first-order valence-electron chi connectivity index (χ1n) is 8.28. The first-order chi connectivity index (χ1) is 9.94. The van der Waals surface area contributed by atoms with E-state index >= 15 is 0 Å². The zero-order chi connectivity index (χ0) is 15.7. The molecule has 0 aliphatic heterocycles. The molecule has 2 rings (SSSR count). The lowest BCUT2D eigenvalue weighted by molar-refractivity contribution is -0.184. The highest BCUT2D eigenvalue weighted by Gasteiger charge is 2.68. The second-order valence-electron chi connectivity index (χ2n) is 6.78. The van der Waals surface area contributed by atoms with E-state index in [1.165, 1.54) is 6.42 Å². The summed E-state index contributed by atoms with van der Waals surface area (Å²) < 4.78 is 10.6. The van der Waals surface area contributed by atoms with Crippen molar-refractivity contribution >= 4 is 11.9 Å². The molecule has 0 heterocycles. The molecule has 2 aliphatic rings. The van der Waals surface area contributed by atoms with Crippen LogP contribution in [0.2, 0.25) is 0 Å². The SMILES string of the molecule is CCOC(=O)C1(C(=O)OCC)CC[C@H]2[C@H](C)CCC[C@@]21C. The van der Waals surface area contributed by atoms with Crippen molar-refractivity contribution in [2.45, 2.75) is 59.8 Å². The molecule has 0 amide bonds. The van der Waals surface area contributed by atoms with Gasteiger partial charge in [0.25, 0.3) is 0 Å². The maximum Gasteiger partial charge on any atom is 0.324 e. The third-order valence-electron chi connectivity index (χ3n) is 5.91. The molecule has 3 atom stereocenters. The number of rotatable bonds is 4. The smallest absolute Gasteiger partial charge is 0.324 e. The van der Waals surface area contributed by atoms with Gasteiger partial charge in [-0.05, 0) is 50.4 Å². The predicted octanol–water partition coefficient (Wildman–Crippen LogP) is 3.34. The third kappa shape index (κ3) is 2.27. The van der Waals surface area contributed by atoms with Gasteiger partial charge in [-0.25, -0.2) is 0 Å². The monoisotopic (exact) mass is 296 g/mol. The summed E-state index contributed by atoms with van der Waals surface area (Å²) in [5.74, 6) is 0.208. The molecule has 0 spiro atoms. The van der Waals surface area contributed by atoms with E-state index in [9.17, 15) is 9.59 Å². The van der Waals surface area contributed by atoms with Gasteiger partial charge in [0.15, 0.2) is 5.41 Å². The van der Waals surface area contributed by atoms with Crippen molar-refractivity contribution in [3.05, 3.63) is 0 Å². The van der Waals surface area contributed by atoms with Crippen LogP contribution in [-0.2, 0) is 19.1 Å². The minimum absolute atomic E-state index is 0.302. The first kappa shape index (κ1) is 16.3. The number of carbonyl (C=O) groups excluding carboxylic acids is 2.